The van der Waals surface area contributed by atoms with Crippen molar-refractivity contribution in [1.29, 1.82) is 0 Å². The van der Waals surface area contributed by atoms with Crippen LogP contribution in [-0.2, 0) is 0 Å². The fourth-order valence-corrected chi connectivity index (χ4v) is 1.46. The molecule has 4 nitrogen and oxygen atoms in total. The van der Waals surface area contributed by atoms with Gasteiger partial charge in [0, 0.05) is 11.1 Å². The molecule has 1 N–H and O–H groups in total. The maximum atomic E-state index is 10.9. The van der Waals surface area contributed by atoms with Crippen molar-refractivity contribution in [2.24, 2.45) is 0 Å². The van der Waals surface area contributed by atoms with Gasteiger partial charge in [-0.1, -0.05) is 11.6 Å². The van der Waals surface area contributed by atoms with Gasteiger partial charge in [-0.25, -0.2) is 0 Å². The van der Waals surface area contributed by atoms with E-state index in [1.165, 1.54) is 13.2 Å². The molecule has 0 fully saturated rings. The molecule has 0 saturated heterocycles. The van der Waals surface area contributed by atoms with Crippen molar-refractivity contribution in [1.82, 2.24) is 0 Å². The number of hydrogen-bond acceptors (Lipinski definition) is 4. The summed E-state index contributed by atoms with van der Waals surface area (Å²) in [6, 6.07) is 3.04. The van der Waals surface area contributed by atoms with Crippen LogP contribution >= 0.6 is 11.6 Å². The van der Waals surface area contributed by atoms with E-state index < -0.39 is 12.2 Å². The van der Waals surface area contributed by atoms with Crippen LogP contribution in [0.2, 0.25) is 5.02 Å². The first kappa shape index (κ1) is 13.8. The van der Waals surface area contributed by atoms with Crippen LogP contribution in [0.4, 0.5) is 0 Å². The first-order chi connectivity index (χ1) is 7.99. The molecule has 0 heterocycles. The highest BCUT2D eigenvalue weighted by molar-refractivity contribution is 6.31. The fraction of sp³-hybridized carbons (Fsp3) is 0.417. The fourth-order valence-electron chi connectivity index (χ4n) is 1.24. The molecular weight excluding hydrogens is 244 g/mol. The van der Waals surface area contributed by atoms with Gasteiger partial charge in [-0.05, 0) is 19.9 Å². The number of carbonyl (C=O) groups excluding carboxylic acids is 1. The van der Waals surface area contributed by atoms with E-state index in [9.17, 15) is 9.90 Å². The third-order valence-corrected chi connectivity index (χ3v) is 2.60. The Morgan fingerprint density at radius 2 is 2.06 bits per heavy atom. The molecule has 0 bridgehead atoms. The zero-order valence-electron chi connectivity index (χ0n) is 9.94. The van der Waals surface area contributed by atoms with Crippen LogP contribution in [0.25, 0.3) is 0 Å². The van der Waals surface area contributed by atoms with Crippen LogP contribution in [0, 0.1) is 0 Å². The zero-order chi connectivity index (χ0) is 13.0. The summed E-state index contributed by atoms with van der Waals surface area (Å²) in [5.74, 6) is 0.660. The number of ether oxygens (including phenoxy) is 2. The normalized spacial score (nSPS) is 13.9. The topological polar surface area (TPSA) is 55.8 Å². The van der Waals surface area contributed by atoms with Crippen molar-refractivity contribution in [3.8, 4) is 11.5 Å². The molecule has 0 saturated carbocycles. The summed E-state index contributed by atoms with van der Waals surface area (Å²) in [5.41, 5.74) is 0.293. The van der Waals surface area contributed by atoms with E-state index in [1.807, 2.05) is 0 Å². The quantitative estimate of drug-likeness (QED) is 0.824. The minimum Gasteiger partial charge on any atom is -0.493 e. The van der Waals surface area contributed by atoms with Gasteiger partial charge in [0.1, 0.15) is 6.10 Å². The van der Waals surface area contributed by atoms with Gasteiger partial charge in [-0.2, -0.15) is 0 Å². The maximum Gasteiger partial charge on any atom is 0.172 e. The minimum atomic E-state index is -0.658. The maximum absolute atomic E-state index is 10.9. The first-order valence-corrected chi connectivity index (χ1v) is 5.54. The monoisotopic (exact) mass is 258 g/mol. The van der Waals surface area contributed by atoms with E-state index in [4.69, 9.17) is 21.1 Å². The highest BCUT2D eigenvalue weighted by atomic mass is 35.5. The number of aliphatic hydroxyl groups excluding tert-OH is 1. The molecule has 0 aliphatic rings. The van der Waals surface area contributed by atoms with Gasteiger partial charge in [0.2, 0.25) is 0 Å². The van der Waals surface area contributed by atoms with Gasteiger partial charge in [0.15, 0.2) is 17.8 Å². The number of rotatable bonds is 5. The number of carbonyl (C=O) groups is 1. The molecule has 1 rings (SSSR count). The Bertz CT molecular complexity index is 404. The van der Waals surface area contributed by atoms with E-state index in [-0.39, 0.29) is 0 Å². The second kappa shape index (κ2) is 5.89. The molecule has 5 heteroatoms. The smallest absolute Gasteiger partial charge is 0.172 e. The number of aldehydes is 1. The molecule has 0 spiro atoms. The van der Waals surface area contributed by atoms with E-state index >= 15 is 0 Å². The molecule has 2 atom stereocenters. The summed E-state index contributed by atoms with van der Waals surface area (Å²) in [4.78, 5) is 10.9. The highest BCUT2D eigenvalue weighted by Crippen LogP contribution is 2.34. The second-order valence-corrected chi connectivity index (χ2v) is 4.14. The Labute approximate surface area is 105 Å². The summed E-state index contributed by atoms with van der Waals surface area (Å²) < 4.78 is 10.6. The predicted molar refractivity (Wildman–Crippen MR) is 65.2 cm³/mol. The van der Waals surface area contributed by atoms with Gasteiger partial charge < -0.3 is 14.6 Å². The number of aliphatic hydroxyl groups is 1. The van der Waals surface area contributed by atoms with Crippen molar-refractivity contribution in [3.63, 3.8) is 0 Å². The van der Waals surface area contributed by atoms with Gasteiger partial charge >= 0.3 is 0 Å². The Morgan fingerprint density at radius 3 is 2.53 bits per heavy atom. The summed E-state index contributed by atoms with van der Waals surface area (Å²) in [7, 11) is 1.46. The number of halogens is 1. The zero-order valence-corrected chi connectivity index (χ0v) is 10.7. The lowest BCUT2D eigenvalue weighted by Gasteiger charge is -2.20. The van der Waals surface area contributed by atoms with Crippen molar-refractivity contribution in [2.75, 3.05) is 7.11 Å². The third kappa shape index (κ3) is 3.35. The number of benzene rings is 1. The van der Waals surface area contributed by atoms with Crippen LogP contribution in [0.15, 0.2) is 12.1 Å². The second-order valence-electron chi connectivity index (χ2n) is 3.71. The molecule has 1 aromatic carbocycles. The van der Waals surface area contributed by atoms with Crippen molar-refractivity contribution in [2.45, 2.75) is 26.1 Å². The van der Waals surface area contributed by atoms with E-state index in [2.05, 4.69) is 0 Å². The lowest BCUT2D eigenvalue weighted by Crippen LogP contribution is -2.26. The van der Waals surface area contributed by atoms with Crippen LogP contribution < -0.4 is 9.47 Å². The van der Waals surface area contributed by atoms with Crippen molar-refractivity contribution in [3.05, 3.63) is 22.7 Å². The molecule has 94 valence electrons. The SMILES string of the molecule is COc1cc(Cl)cc(C=O)c1OC(C)C(C)O. The van der Waals surface area contributed by atoms with E-state index in [0.717, 1.165) is 0 Å². The largest absolute Gasteiger partial charge is 0.493 e. The average Bonchev–Trinajstić information content (AvgIpc) is 2.30. The molecule has 0 aromatic heterocycles. The lowest BCUT2D eigenvalue weighted by atomic mass is 10.2. The third-order valence-electron chi connectivity index (χ3n) is 2.38. The summed E-state index contributed by atoms with van der Waals surface area (Å²) >= 11 is 5.83. The Kier molecular flexibility index (Phi) is 4.78. The Morgan fingerprint density at radius 1 is 1.41 bits per heavy atom. The highest BCUT2D eigenvalue weighted by Gasteiger charge is 2.17. The van der Waals surface area contributed by atoms with E-state index in [1.54, 1.807) is 19.9 Å². The lowest BCUT2D eigenvalue weighted by molar-refractivity contribution is 0.0579. The molecular formula is C12H15ClO4. The molecule has 0 radical (unpaired) electrons. The standard InChI is InChI=1S/C12H15ClO4/c1-7(15)8(2)17-12-9(6-14)4-10(13)5-11(12)16-3/h4-8,15H,1-3H3. The van der Waals surface area contributed by atoms with Crippen LogP contribution in [0.1, 0.15) is 24.2 Å². The molecule has 0 aliphatic heterocycles. The van der Waals surface area contributed by atoms with Crippen LogP contribution in [0.5, 0.6) is 11.5 Å². The molecule has 1 aromatic rings. The van der Waals surface area contributed by atoms with Gasteiger partial charge in [-0.3, -0.25) is 4.79 Å². The average molecular weight is 259 g/mol. The van der Waals surface area contributed by atoms with E-state index in [0.29, 0.717) is 28.4 Å². The summed E-state index contributed by atoms with van der Waals surface area (Å²) in [6.07, 6.45) is -0.475. The van der Waals surface area contributed by atoms with Crippen molar-refractivity contribution < 1.29 is 19.4 Å². The predicted octanol–water partition coefficient (Wildman–Crippen LogP) is 2.31. The summed E-state index contributed by atoms with van der Waals surface area (Å²) in [6.45, 7) is 3.31. The Hall–Kier alpha value is -1.26. The van der Waals surface area contributed by atoms with Crippen molar-refractivity contribution >= 4 is 17.9 Å². The van der Waals surface area contributed by atoms with Gasteiger partial charge in [0.25, 0.3) is 0 Å². The van der Waals surface area contributed by atoms with Gasteiger partial charge in [-0.15, -0.1) is 0 Å². The Balaban J connectivity index is 3.15. The summed E-state index contributed by atoms with van der Waals surface area (Å²) in [5, 5.41) is 9.77. The van der Waals surface area contributed by atoms with Crippen LogP contribution in [0.3, 0.4) is 0 Å². The molecule has 2 unspecified atom stereocenters. The first-order valence-electron chi connectivity index (χ1n) is 5.17. The van der Waals surface area contributed by atoms with Gasteiger partial charge in [0.05, 0.1) is 18.8 Å². The number of methoxy groups -OCH3 is 1. The molecule has 0 amide bonds. The minimum absolute atomic E-state index is 0.292. The molecule has 17 heavy (non-hydrogen) atoms. The van der Waals surface area contributed by atoms with Crippen LogP contribution in [-0.4, -0.2) is 30.7 Å². The number of hydrogen-bond donors (Lipinski definition) is 1. The molecule has 0 aliphatic carbocycles.